The van der Waals surface area contributed by atoms with Gasteiger partial charge in [0.05, 0.1) is 5.02 Å². The van der Waals surface area contributed by atoms with E-state index in [0.717, 1.165) is 0 Å². The van der Waals surface area contributed by atoms with Crippen LogP contribution >= 0.6 is 23.2 Å². The van der Waals surface area contributed by atoms with Crippen LogP contribution in [0.3, 0.4) is 0 Å². The molecule has 0 saturated carbocycles. The van der Waals surface area contributed by atoms with Crippen molar-refractivity contribution >= 4 is 29.1 Å². The molecular weight excluding hydrogens is 256 g/mol. The average Bonchev–Trinajstić information content (AvgIpc) is 2.25. The molecule has 1 aromatic rings. The summed E-state index contributed by atoms with van der Waals surface area (Å²) in [4.78, 5) is 10.9. The third-order valence-corrected chi connectivity index (χ3v) is 2.90. The molecule has 3 nitrogen and oxygen atoms in total. The first kappa shape index (κ1) is 11.6. The van der Waals surface area contributed by atoms with Gasteiger partial charge in [-0.05, 0) is 12.1 Å². The van der Waals surface area contributed by atoms with Crippen LogP contribution in [0.4, 0.5) is 4.39 Å². The van der Waals surface area contributed by atoms with Crippen LogP contribution in [0.15, 0.2) is 12.1 Å². The minimum atomic E-state index is -0.554. The van der Waals surface area contributed by atoms with E-state index < -0.39 is 11.9 Å². The minimum absolute atomic E-state index is 0.0337. The van der Waals surface area contributed by atoms with Gasteiger partial charge in [-0.1, -0.05) is 23.2 Å². The van der Waals surface area contributed by atoms with Gasteiger partial charge in [-0.15, -0.1) is 0 Å². The second-order valence-electron chi connectivity index (χ2n) is 3.39. The highest BCUT2D eigenvalue weighted by atomic mass is 35.5. The summed E-state index contributed by atoms with van der Waals surface area (Å²) in [5.74, 6) is -0.747. The number of ether oxygens (including phenoxy) is 1. The van der Waals surface area contributed by atoms with E-state index in [2.05, 4.69) is 5.32 Å². The summed E-state index contributed by atoms with van der Waals surface area (Å²) in [5, 5.41) is 2.91. The summed E-state index contributed by atoms with van der Waals surface area (Å²) in [6.07, 6.45) is -0.433. The zero-order valence-electron chi connectivity index (χ0n) is 8.10. The van der Waals surface area contributed by atoms with Crippen molar-refractivity contribution in [1.29, 1.82) is 0 Å². The first-order valence-electron chi connectivity index (χ1n) is 4.60. The van der Waals surface area contributed by atoms with Gasteiger partial charge in [-0.25, -0.2) is 4.39 Å². The van der Waals surface area contributed by atoms with Crippen LogP contribution in [0.5, 0.6) is 0 Å². The van der Waals surface area contributed by atoms with Gasteiger partial charge in [0.2, 0.25) is 5.91 Å². The molecule has 1 saturated heterocycles. The zero-order chi connectivity index (χ0) is 11.7. The quantitative estimate of drug-likeness (QED) is 0.790. The standard InChI is InChI=1S/C10H8Cl2FNO2/c11-6-2-7(12)8(13)1-5(6)9-3-14-10(15)4-16-9/h1-2,9H,3-4H2,(H,14,15)/t9-/m1/s1. The first-order valence-corrected chi connectivity index (χ1v) is 5.36. The molecule has 1 aliphatic heterocycles. The molecule has 0 aromatic heterocycles. The van der Waals surface area contributed by atoms with Gasteiger partial charge >= 0.3 is 0 Å². The third-order valence-electron chi connectivity index (χ3n) is 2.29. The Labute approximate surface area is 101 Å². The Morgan fingerprint density at radius 1 is 1.38 bits per heavy atom. The topological polar surface area (TPSA) is 38.3 Å². The lowest BCUT2D eigenvalue weighted by Crippen LogP contribution is -2.38. The number of nitrogens with one attached hydrogen (secondary N) is 1. The van der Waals surface area contributed by atoms with Gasteiger partial charge in [0, 0.05) is 17.1 Å². The number of carbonyl (C=O) groups excluding carboxylic acids is 1. The van der Waals surface area contributed by atoms with Gasteiger partial charge in [-0.3, -0.25) is 4.79 Å². The highest BCUT2D eigenvalue weighted by molar-refractivity contribution is 6.35. The van der Waals surface area contributed by atoms with Crippen molar-refractivity contribution in [2.24, 2.45) is 0 Å². The van der Waals surface area contributed by atoms with E-state index in [4.69, 9.17) is 27.9 Å². The maximum Gasteiger partial charge on any atom is 0.246 e. The van der Waals surface area contributed by atoms with Crippen molar-refractivity contribution in [2.45, 2.75) is 6.10 Å². The molecule has 0 unspecified atom stereocenters. The number of amides is 1. The van der Waals surface area contributed by atoms with Gasteiger partial charge in [0.1, 0.15) is 18.5 Å². The molecule has 0 spiro atoms. The van der Waals surface area contributed by atoms with Crippen molar-refractivity contribution in [1.82, 2.24) is 5.32 Å². The smallest absolute Gasteiger partial charge is 0.246 e. The molecule has 1 aromatic carbocycles. The largest absolute Gasteiger partial charge is 0.362 e. The van der Waals surface area contributed by atoms with Crippen LogP contribution in [-0.4, -0.2) is 19.1 Å². The van der Waals surface area contributed by atoms with Gasteiger partial charge in [0.25, 0.3) is 0 Å². The number of benzene rings is 1. The van der Waals surface area contributed by atoms with E-state index in [9.17, 15) is 9.18 Å². The summed E-state index contributed by atoms with van der Waals surface area (Å²) in [5.41, 5.74) is 0.489. The predicted octanol–water partition coefficient (Wildman–Crippen LogP) is 2.32. The van der Waals surface area contributed by atoms with E-state index in [1.165, 1.54) is 12.1 Å². The van der Waals surface area contributed by atoms with Crippen LogP contribution in [0.2, 0.25) is 10.0 Å². The Morgan fingerprint density at radius 3 is 2.75 bits per heavy atom. The molecule has 0 bridgehead atoms. The summed E-state index contributed by atoms with van der Waals surface area (Å²) in [7, 11) is 0. The maximum atomic E-state index is 13.3. The zero-order valence-corrected chi connectivity index (χ0v) is 9.61. The van der Waals surface area contributed by atoms with Crippen molar-refractivity contribution < 1.29 is 13.9 Å². The number of hydrogen-bond acceptors (Lipinski definition) is 2. The third kappa shape index (κ3) is 2.29. The van der Waals surface area contributed by atoms with Crippen molar-refractivity contribution in [3.63, 3.8) is 0 Å². The second-order valence-corrected chi connectivity index (χ2v) is 4.21. The normalized spacial score (nSPS) is 20.7. The molecule has 86 valence electrons. The van der Waals surface area contributed by atoms with Crippen LogP contribution in [-0.2, 0) is 9.53 Å². The van der Waals surface area contributed by atoms with Crippen molar-refractivity contribution in [3.05, 3.63) is 33.6 Å². The molecular formula is C10H8Cl2FNO2. The fourth-order valence-corrected chi connectivity index (χ4v) is 1.98. The lowest BCUT2D eigenvalue weighted by Gasteiger charge is -2.24. The summed E-state index contributed by atoms with van der Waals surface area (Å²) in [6, 6.07) is 2.56. The highest BCUT2D eigenvalue weighted by Crippen LogP contribution is 2.30. The molecule has 2 rings (SSSR count). The summed E-state index contributed by atoms with van der Waals surface area (Å²) < 4.78 is 18.5. The van der Waals surface area contributed by atoms with Gasteiger partial charge < -0.3 is 10.1 Å². The Hall–Kier alpha value is -0.840. The lowest BCUT2D eigenvalue weighted by atomic mass is 10.1. The summed E-state index contributed by atoms with van der Waals surface area (Å²) >= 11 is 11.5. The van der Waals surface area contributed by atoms with Crippen LogP contribution in [0.1, 0.15) is 11.7 Å². The molecule has 16 heavy (non-hydrogen) atoms. The first-order chi connectivity index (χ1) is 7.58. The SMILES string of the molecule is O=C1CO[C@@H](c2cc(F)c(Cl)cc2Cl)CN1. The fraction of sp³-hybridized carbons (Fsp3) is 0.300. The maximum absolute atomic E-state index is 13.3. The molecule has 6 heteroatoms. The van der Waals surface area contributed by atoms with Crippen LogP contribution in [0.25, 0.3) is 0 Å². The van der Waals surface area contributed by atoms with Crippen LogP contribution in [0, 0.1) is 5.82 Å². The average molecular weight is 264 g/mol. The Bertz CT molecular complexity index is 429. The molecule has 1 fully saturated rings. The Balaban J connectivity index is 2.26. The Kier molecular flexibility index (Phi) is 3.33. The number of hydrogen-bond donors (Lipinski definition) is 1. The van der Waals surface area contributed by atoms with E-state index in [0.29, 0.717) is 10.6 Å². The lowest BCUT2D eigenvalue weighted by molar-refractivity contribution is -0.133. The number of morpholine rings is 1. The van der Waals surface area contributed by atoms with E-state index in [1.807, 2.05) is 0 Å². The van der Waals surface area contributed by atoms with Crippen molar-refractivity contribution in [2.75, 3.05) is 13.2 Å². The predicted molar refractivity (Wildman–Crippen MR) is 58.1 cm³/mol. The van der Waals surface area contributed by atoms with Crippen molar-refractivity contribution in [3.8, 4) is 0 Å². The minimum Gasteiger partial charge on any atom is -0.362 e. The highest BCUT2D eigenvalue weighted by Gasteiger charge is 2.23. The molecule has 0 radical (unpaired) electrons. The molecule has 0 aliphatic carbocycles. The number of halogens is 3. The second kappa shape index (κ2) is 4.57. The monoisotopic (exact) mass is 263 g/mol. The van der Waals surface area contributed by atoms with Crippen LogP contribution < -0.4 is 5.32 Å². The molecule has 1 heterocycles. The molecule has 1 N–H and O–H groups in total. The fourth-order valence-electron chi connectivity index (χ4n) is 1.48. The summed E-state index contributed by atoms with van der Waals surface area (Å²) in [6.45, 7) is 0.227. The van der Waals surface area contributed by atoms with E-state index in [1.54, 1.807) is 0 Å². The van der Waals surface area contributed by atoms with Gasteiger partial charge in [-0.2, -0.15) is 0 Å². The molecule has 1 amide bonds. The number of rotatable bonds is 1. The molecule has 1 atom stereocenters. The van der Waals surface area contributed by atoms with E-state index >= 15 is 0 Å². The Morgan fingerprint density at radius 2 is 2.12 bits per heavy atom. The molecule has 1 aliphatic rings. The van der Waals surface area contributed by atoms with Gasteiger partial charge in [0.15, 0.2) is 0 Å². The van der Waals surface area contributed by atoms with E-state index in [-0.39, 0.29) is 24.1 Å². The number of carbonyl (C=O) groups is 1.